The van der Waals surface area contributed by atoms with Gasteiger partial charge in [0.15, 0.2) is 11.6 Å². The number of ether oxygens (including phenoxy) is 2. The smallest absolute Gasteiger partial charge is 0.204 e. The third-order valence-electron chi connectivity index (χ3n) is 2.28. The van der Waals surface area contributed by atoms with Crippen molar-refractivity contribution in [3.05, 3.63) is 12.3 Å². The SMILES string of the molecule is CNc1nccc(OC2CC2)c1OC(C)C. The van der Waals surface area contributed by atoms with Gasteiger partial charge in [-0.15, -0.1) is 0 Å². The predicted octanol–water partition coefficient (Wildman–Crippen LogP) is 2.45. The first-order chi connectivity index (χ1) is 7.70. The van der Waals surface area contributed by atoms with Crippen LogP contribution in [0.2, 0.25) is 0 Å². The number of nitrogens with one attached hydrogen (secondary N) is 1. The van der Waals surface area contributed by atoms with Crippen LogP contribution in [0.5, 0.6) is 11.5 Å². The van der Waals surface area contributed by atoms with Crippen LogP contribution in [0.1, 0.15) is 26.7 Å². The molecule has 0 bridgehead atoms. The van der Waals surface area contributed by atoms with Crippen molar-refractivity contribution in [2.24, 2.45) is 0 Å². The van der Waals surface area contributed by atoms with Gasteiger partial charge < -0.3 is 14.8 Å². The minimum absolute atomic E-state index is 0.109. The lowest BCUT2D eigenvalue weighted by Gasteiger charge is -2.17. The maximum Gasteiger partial charge on any atom is 0.204 e. The zero-order valence-corrected chi connectivity index (χ0v) is 9.99. The Kier molecular flexibility index (Phi) is 3.17. The number of rotatable bonds is 5. The van der Waals surface area contributed by atoms with Crippen molar-refractivity contribution in [1.82, 2.24) is 4.98 Å². The molecule has 1 heterocycles. The summed E-state index contributed by atoms with van der Waals surface area (Å²) < 4.78 is 11.5. The average molecular weight is 222 g/mol. The summed E-state index contributed by atoms with van der Waals surface area (Å²) in [7, 11) is 1.83. The summed E-state index contributed by atoms with van der Waals surface area (Å²) in [6.45, 7) is 3.99. The molecule has 0 atom stereocenters. The van der Waals surface area contributed by atoms with Gasteiger partial charge in [0.2, 0.25) is 5.75 Å². The minimum Gasteiger partial charge on any atom is -0.486 e. The van der Waals surface area contributed by atoms with Gasteiger partial charge in [-0.05, 0) is 26.7 Å². The van der Waals surface area contributed by atoms with E-state index in [2.05, 4.69) is 10.3 Å². The fraction of sp³-hybridized carbons (Fsp3) is 0.583. The van der Waals surface area contributed by atoms with E-state index >= 15 is 0 Å². The fourth-order valence-corrected chi connectivity index (χ4v) is 1.42. The largest absolute Gasteiger partial charge is 0.486 e. The number of anilines is 1. The molecule has 1 fully saturated rings. The number of pyridine rings is 1. The first-order valence-corrected chi connectivity index (χ1v) is 5.70. The molecule has 0 radical (unpaired) electrons. The zero-order valence-electron chi connectivity index (χ0n) is 9.99. The number of nitrogens with zero attached hydrogens (tertiary/aromatic N) is 1. The number of aromatic nitrogens is 1. The Morgan fingerprint density at radius 2 is 2.19 bits per heavy atom. The normalized spacial score (nSPS) is 15.0. The third-order valence-corrected chi connectivity index (χ3v) is 2.28. The summed E-state index contributed by atoms with van der Waals surface area (Å²) in [5.41, 5.74) is 0. The molecule has 1 saturated carbocycles. The van der Waals surface area contributed by atoms with E-state index in [9.17, 15) is 0 Å². The van der Waals surface area contributed by atoms with Gasteiger partial charge in [-0.1, -0.05) is 0 Å². The van der Waals surface area contributed by atoms with E-state index in [4.69, 9.17) is 9.47 Å². The van der Waals surface area contributed by atoms with Crippen LogP contribution in [-0.2, 0) is 0 Å². The summed E-state index contributed by atoms with van der Waals surface area (Å²) in [5.74, 6) is 2.23. The Labute approximate surface area is 96.0 Å². The molecule has 88 valence electrons. The molecular weight excluding hydrogens is 204 g/mol. The molecule has 1 N–H and O–H groups in total. The molecule has 0 amide bonds. The quantitative estimate of drug-likeness (QED) is 0.831. The van der Waals surface area contributed by atoms with Crippen LogP contribution < -0.4 is 14.8 Å². The minimum atomic E-state index is 0.109. The van der Waals surface area contributed by atoms with Crippen molar-refractivity contribution in [2.45, 2.75) is 38.9 Å². The van der Waals surface area contributed by atoms with E-state index in [1.165, 1.54) is 0 Å². The van der Waals surface area contributed by atoms with E-state index in [1.807, 2.05) is 27.0 Å². The van der Waals surface area contributed by atoms with Crippen LogP contribution in [0.25, 0.3) is 0 Å². The van der Waals surface area contributed by atoms with Crippen molar-refractivity contribution in [3.8, 4) is 11.5 Å². The first kappa shape index (κ1) is 11.0. The van der Waals surface area contributed by atoms with Crippen LogP contribution in [0.15, 0.2) is 12.3 Å². The van der Waals surface area contributed by atoms with Gasteiger partial charge in [-0.25, -0.2) is 4.98 Å². The van der Waals surface area contributed by atoms with Crippen molar-refractivity contribution < 1.29 is 9.47 Å². The van der Waals surface area contributed by atoms with E-state index in [1.54, 1.807) is 6.20 Å². The molecule has 0 spiro atoms. The van der Waals surface area contributed by atoms with Crippen LogP contribution in [0.3, 0.4) is 0 Å². The van der Waals surface area contributed by atoms with Crippen LogP contribution in [0.4, 0.5) is 5.82 Å². The van der Waals surface area contributed by atoms with E-state index in [0.717, 1.165) is 24.4 Å². The standard InChI is InChI=1S/C12H18N2O2/c1-8(2)15-11-10(16-9-4-5-9)6-7-14-12(11)13-3/h6-9H,4-5H2,1-3H3,(H,13,14). The monoisotopic (exact) mass is 222 g/mol. The van der Waals surface area contributed by atoms with Gasteiger partial charge in [-0.2, -0.15) is 0 Å². The molecule has 1 aromatic heterocycles. The Bertz CT molecular complexity index is 362. The molecule has 1 aliphatic rings. The van der Waals surface area contributed by atoms with Crippen LogP contribution >= 0.6 is 0 Å². The fourth-order valence-electron chi connectivity index (χ4n) is 1.42. The maximum atomic E-state index is 5.79. The van der Waals surface area contributed by atoms with Gasteiger partial charge >= 0.3 is 0 Å². The van der Waals surface area contributed by atoms with E-state index < -0.39 is 0 Å². The first-order valence-electron chi connectivity index (χ1n) is 5.70. The Balaban J connectivity index is 2.25. The molecule has 16 heavy (non-hydrogen) atoms. The van der Waals surface area contributed by atoms with Gasteiger partial charge in [0.05, 0.1) is 12.2 Å². The van der Waals surface area contributed by atoms with Gasteiger partial charge in [0.25, 0.3) is 0 Å². The second-order valence-electron chi connectivity index (χ2n) is 4.22. The molecule has 0 aliphatic heterocycles. The van der Waals surface area contributed by atoms with E-state index in [-0.39, 0.29) is 6.10 Å². The highest BCUT2D eigenvalue weighted by Crippen LogP contribution is 2.37. The molecule has 1 aliphatic carbocycles. The van der Waals surface area contributed by atoms with Crippen molar-refractivity contribution >= 4 is 5.82 Å². The lowest BCUT2D eigenvalue weighted by atomic mass is 10.3. The summed E-state index contributed by atoms with van der Waals surface area (Å²) >= 11 is 0. The highest BCUT2D eigenvalue weighted by molar-refractivity contribution is 5.57. The van der Waals surface area contributed by atoms with Gasteiger partial charge in [0, 0.05) is 19.3 Å². The van der Waals surface area contributed by atoms with Crippen molar-refractivity contribution in [1.29, 1.82) is 0 Å². The third kappa shape index (κ3) is 2.56. The second kappa shape index (κ2) is 4.60. The van der Waals surface area contributed by atoms with Gasteiger partial charge in [0.1, 0.15) is 0 Å². The molecular formula is C12H18N2O2. The molecule has 1 aromatic rings. The molecule has 2 rings (SSSR count). The van der Waals surface area contributed by atoms with Crippen molar-refractivity contribution in [3.63, 3.8) is 0 Å². The average Bonchev–Trinajstić information content (AvgIpc) is 3.04. The Morgan fingerprint density at radius 3 is 2.75 bits per heavy atom. The maximum absolute atomic E-state index is 5.79. The summed E-state index contributed by atoms with van der Waals surface area (Å²) in [6.07, 6.45) is 4.48. The molecule has 0 saturated heterocycles. The summed E-state index contributed by atoms with van der Waals surface area (Å²) in [5, 5.41) is 3.02. The number of hydrogen-bond donors (Lipinski definition) is 1. The number of hydrogen-bond acceptors (Lipinski definition) is 4. The highest BCUT2D eigenvalue weighted by Gasteiger charge is 2.26. The van der Waals surface area contributed by atoms with Gasteiger partial charge in [-0.3, -0.25) is 0 Å². The van der Waals surface area contributed by atoms with Crippen LogP contribution in [0, 0.1) is 0 Å². The second-order valence-corrected chi connectivity index (χ2v) is 4.22. The molecule has 4 nitrogen and oxygen atoms in total. The summed E-state index contributed by atoms with van der Waals surface area (Å²) in [6, 6.07) is 1.86. The molecule has 0 unspecified atom stereocenters. The van der Waals surface area contributed by atoms with E-state index in [0.29, 0.717) is 11.9 Å². The topological polar surface area (TPSA) is 43.4 Å². The zero-order chi connectivity index (χ0) is 11.5. The lowest BCUT2D eigenvalue weighted by Crippen LogP contribution is -2.10. The van der Waals surface area contributed by atoms with Crippen molar-refractivity contribution in [2.75, 3.05) is 12.4 Å². The Morgan fingerprint density at radius 1 is 1.44 bits per heavy atom. The predicted molar refractivity (Wildman–Crippen MR) is 63.2 cm³/mol. The summed E-state index contributed by atoms with van der Waals surface area (Å²) in [4.78, 5) is 4.22. The molecule has 4 heteroatoms. The molecule has 0 aromatic carbocycles. The highest BCUT2D eigenvalue weighted by atomic mass is 16.5. The van der Waals surface area contributed by atoms with Crippen LogP contribution in [-0.4, -0.2) is 24.2 Å². The lowest BCUT2D eigenvalue weighted by molar-refractivity contribution is 0.218. The Hall–Kier alpha value is -1.45.